The Morgan fingerprint density at radius 2 is 1.68 bits per heavy atom. The molecule has 0 unspecified atom stereocenters. The number of hydrogen-bond acceptors (Lipinski definition) is 5. The number of fused-ring (bicyclic) bond motifs is 1. The van der Waals surface area contributed by atoms with E-state index in [4.69, 9.17) is 4.42 Å². The zero-order valence-electron chi connectivity index (χ0n) is 19.2. The molecule has 0 spiro atoms. The maximum atomic E-state index is 12.8. The highest BCUT2D eigenvalue weighted by atomic mass is 16.4. The zero-order valence-corrected chi connectivity index (χ0v) is 19.2. The number of amides is 2. The first-order valence-electron chi connectivity index (χ1n) is 11.5. The van der Waals surface area contributed by atoms with Gasteiger partial charge in [0, 0.05) is 36.1 Å². The summed E-state index contributed by atoms with van der Waals surface area (Å²) in [6.07, 6.45) is 1.31. The molecule has 0 radical (unpaired) electrons. The van der Waals surface area contributed by atoms with Crippen LogP contribution in [-0.2, 0) is 4.79 Å². The number of rotatable bonds is 4. The Morgan fingerprint density at radius 3 is 2.41 bits per heavy atom. The Balaban J connectivity index is 1.17. The summed E-state index contributed by atoms with van der Waals surface area (Å²) in [4.78, 5) is 32.1. The van der Waals surface area contributed by atoms with Crippen molar-refractivity contribution >= 4 is 28.9 Å². The SMILES string of the molecule is Cc1cc(C(=O)NNC(=O)C2CCN(c3nc4ccccc4o3)CC2)c(C)n1-c1ccccc1. The summed E-state index contributed by atoms with van der Waals surface area (Å²) < 4.78 is 7.87. The number of hydrogen-bond donors (Lipinski definition) is 2. The van der Waals surface area contributed by atoms with Crippen LogP contribution in [0.25, 0.3) is 16.8 Å². The van der Waals surface area contributed by atoms with E-state index in [1.807, 2.05) is 79.1 Å². The molecule has 34 heavy (non-hydrogen) atoms. The monoisotopic (exact) mass is 457 g/mol. The summed E-state index contributed by atoms with van der Waals surface area (Å²) in [5.41, 5.74) is 10.1. The van der Waals surface area contributed by atoms with Crippen molar-refractivity contribution in [3.8, 4) is 5.69 Å². The highest BCUT2D eigenvalue weighted by Crippen LogP contribution is 2.26. The van der Waals surface area contributed by atoms with Crippen molar-refractivity contribution in [3.05, 3.63) is 77.6 Å². The molecule has 2 aromatic heterocycles. The van der Waals surface area contributed by atoms with E-state index >= 15 is 0 Å². The van der Waals surface area contributed by atoms with E-state index in [2.05, 4.69) is 20.7 Å². The van der Waals surface area contributed by atoms with Gasteiger partial charge in [0.1, 0.15) is 5.52 Å². The number of piperidine rings is 1. The smallest absolute Gasteiger partial charge is 0.298 e. The second kappa shape index (κ2) is 9.05. The fourth-order valence-corrected chi connectivity index (χ4v) is 4.58. The first-order valence-corrected chi connectivity index (χ1v) is 11.5. The van der Waals surface area contributed by atoms with Gasteiger partial charge in [-0.1, -0.05) is 30.3 Å². The molecule has 8 heteroatoms. The van der Waals surface area contributed by atoms with Crippen molar-refractivity contribution in [2.75, 3.05) is 18.0 Å². The molecule has 8 nitrogen and oxygen atoms in total. The average molecular weight is 458 g/mol. The predicted molar refractivity (Wildman–Crippen MR) is 130 cm³/mol. The number of anilines is 1. The molecule has 0 bridgehead atoms. The molecule has 3 heterocycles. The predicted octanol–water partition coefficient (Wildman–Crippen LogP) is 3.91. The number of carbonyl (C=O) groups is 2. The Bertz CT molecular complexity index is 1300. The standard InChI is InChI=1S/C26H27N5O3/c1-17-16-21(18(2)31(17)20-8-4-3-5-9-20)25(33)29-28-24(32)19-12-14-30(15-13-19)26-27-22-10-6-7-11-23(22)34-26/h3-11,16,19H,12-15H2,1-2H3,(H,28,32)(H,29,33). The molecule has 0 aliphatic carbocycles. The Morgan fingerprint density at radius 1 is 0.971 bits per heavy atom. The van der Waals surface area contributed by atoms with Gasteiger partial charge in [0.25, 0.3) is 11.9 Å². The van der Waals surface area contributed by atoms with E-state index in [0.717, 1.165) is 28.2 Å². The summed E-state index contributed by atoms with van der Waals surface area (Å²) in [5, 5.41) is 0. The first-order chi connectivity index (χ1) is 16.5. The van der Waals surface area contributed by atoms with Gasteiger partial charge in [0.05, 0.1) is 5.56 Å². The van der Waals surface area contributed by atoms with Gasteiger partial charge in [-0.3, -0.25) is 20.4 Å². The number of aromatic nitrogens is 2. The molecule has 5 rings (SSSR count). The lowest BCUT2D eigenvalue weighted by atomic mass is 9.96. The minimum Gasteiger partial charge on any atom is -0.423 e. The van der Waals surface area contributed by atoms with Crippen molar-refractivity contribution < 1.29 is 14.0 Å². The van der Waals surface area contributed by atoms with E-state index < -0.39 is 0 Å². The number of carbonyl (C=O) groups excluding carboxylic acids is 2. The van der Waals surface area contributed by atoms with Gasteiger partial charge in [-0.25, -0.2) is 0 Å². The molecule has 174 valence electrons. The van der Waals surface area contributed by atoms with Crippen LogP contribution in [0.1, 0.15) is 34.6 Å². The lowest BCUT2D eigenvalue weighted by Gasteiger charge is -2.30. The summed E-state index contributed by atoms with van der Waals surface area (Å²) in [5.74, 6) is -0.687. The molecule has 1 aliphatic heterocycles. The molecule has 1 aliphatic rings. The molecule has 2 amide bonds. The van der Waals surface area contributed by atoms with Crippen LogP contribution in [0.5, 0.6) is 0 Å². The van der Waals surface area contributed by atoms with E-state index in [1.165, 1.54) is 0 Å². The van der Waals surface area contributed by atoms with Gasteiger partial charge in [-0.2, -0.15) is 4.98 Å². The Labute approximate surface area is 197 Å². The fourth-order valence-electron chi connectivity index (χ4n) is 4.58. The summed E-state index contributed by atoms with van der Waals surface area (Å²) in [6, 6.07) is 20.0. The van der Waals surface area contributed by atoms with Crippen LogP contribution in [0.3, 0.4) is 0 Å². The van der Waals surface area contributed by atoms with Crippen molar-refractivity contribution in [2.24, 2.45) is 5.92 Å². The zero-order chi connectivity index (χ0) is 23.7. The van der Waals surface area contributed by atoms with Crippen LogP contribution in [0, 0.1) is 19.8 Å². The molecular weight excluding hydrogens is 430 g/mol. The lowest BCUT2D eigenvalue weighted by molar-refractivity contribution is -0.126. The number of para-hydroxylation sites is 3. The van der Waals surface area contributed by atoms with Crippen LogP contribution in [0.2, 0.25) is 0 Å². The number of nitrogens with zero attached hydrogens (tertiary/aromatic N) is 3. The number of hydrazine groups is 1. The Hall–Kier alpha value is -4.07. The minimum absolute atomic E-state index is 0.178. The number of benzene rings is 2. The normalized spacial score (nSPS) is 14.4. The summed E-state index contributed by atoms with van der Waals surface area (Å²) in [7, 11) is 0. The van der Waals surface area contributed by atoms with Crippen LogP contribution in [-0.4, -0.2) is 34.5 Å². The van der Waals surface area contributed by atoms with Gasteiger partial charge >= 0.3 is 0 Å². The van der Waals surface area contributed by atoms with Crippen molar-refractivity contribution in [1.82, 2.24) is 20.4 Å². The van der Waals surface area contributed by atoms with E-state index in [0.29, 0.717) is 37.5 Å². The average Bonchev–Trinajstić information content (AvgIpc) is 3.43. The maximum absolute atomic E-state index is 12.8. The van der Waals surface area contributed by atoms with Gasteiger partial charge in [-0.15, -0.1) is 0 Å². The molecule has 4 aromatic rings. The summed E-state index contributed by atoms with van der Waals surface area (Å²) >= 11 is 0. The molecule has 0 saturated carbocycles. The van der Waals surface area contributed by atoms with Crippen LogP contribution < -0.4 is 15.8 Å². The van der Waals surface area contributed by atoms with Gasteiger partial charge in [0.15, 0.2) is 5.58 Å². The van der Waals surface area contributed by atoms with Crippen molar-refractivity contribution in [3.63, 3.8) is 0 Å². The molecule has 2 N–H and O–H groups in total. The second-order valence-electron chi connectivity index (χ2n) is 8.62. The second-order valence-corrected chi connectivity index (χ2v) is 8.62. The fraction of sp³-hybridized carbons (Fsp3) is 0.269. The Kier molecular flexibility index (Phi) is 5.79. The van der Waals surface area contributed by atoms with Crippen molar-refractivity contribution in [2.45, 2.75) is 26.7 Å². The van der Waals surface area contributed by atoms with Crippen LogP contribution in [0.4, 0.5) is 6.01 Å². The highest BCUT2D eigenvalue weighted by molar-refractivity contribution is 5.97. The number of oxazole rings is 1. The lowest BCUT2D eigenvalue weighted by Crippen LogP contribution is -2.47. The molecule has 0 atom stereocenters. The van der Waals surface area contributed by atoms with E-state index in [1.54, 1.807) is 0 Å². The molecule has 1 fully saturated rings. The third-order valence-electron chi connectivity index (χ3n) is 6.41. The molecular formula is C26H27N5O3. The topological polar surface area (TPSA) is 92.4 Å². The quantitative estimate of drug-likeness (QED) is 0.453. The molecule has 2 aromatic carbocycles. The van der Waals surface area contributed by atoms with Gasteiger partial charge < -0.3 is 13.9 Å². The van der Waals surface area contributed by atoms with Crippen LogP contribution >= 0.6 is 0 Å². The maximum Gasteiger partial charge on any atom is 0.298 e. The number of aryl methyl sites for hydroxylation is 1. The first kappa shape index (κ1) is 21.8. The highest BCUT2D eigenvalue weighted by Gasteiger charge is 2.28. The third-order valence-corrected chi connectivity index (χ3v) is 6.41. The van der Waals surface area contributed by atoms with Gasteiger partial charge in [0.2, 0.25) is 5.91 Å². The largest absolute Gasteiger partial charge is 0.423 e. The van der Waals surface area contributed by atoms with Crippen molar-refractivity contribution in [1.29, 1.82) is 0 Å². The van der Waals surface area contributed by atoms with E-state index in [9.17, 15) is 9.59 Å². The van der Waals surface area contributed by atoms with E-state index in [-0.39, 0.29) is 17.7 Å². The number of nitrogens with one attached hydrogen (secondary N) is 2. The summed E-state index contributed by atoms with van der Waals surface area (Å²) in [6.45, 7) is 5.19. The minimum atomic E-state index is -0.326. The van der Waals surface area contributed by atoms with Crippen LogP contribution in [0.15, 0.2) is 65.1 Å². The molecule has 1 saturated heterocycles. The van der Waals surface area contributed by atoms with Gasteiger partial charge in [-0.05, 0) is 57.0 Å². The third kappa shape index (κ3) is 4.14.